The minimum Gasteiger partial charge on any atom is -0.496 e. The van der Waals surface area contributed by atoms with Crippen molar-refractivity contribution >= 4 is 21.4 Å². The minimum atomic E-state index is -3.56. The van der Waals surface area contributed by atoms with E-state index in [-0.39, 0.29) is 4.90 Å². The van der Waals surface area contributed by atoms with Crippen molar-refractivity contribution in [2.45, 2.75) is 32.1 Å². The van der Waals surface area contributed by atoms with Crippen LogP contribution in [0.5, 0.6) is 5.75 Å². The zero-order chi connectivity index (χ0) is 20.3. The van der Waals surface area contributed by atoms with E-state index in [1.807, 2.05) is 26.0 Å². The van der Waals surface area contributed by atoms with Crippen molar-refractivity contribution in [3.05, 3.63) is 64.2 Å². The molecule has 3 aromatic rings. The number of ether oxygens (including phenoxy) is 1. The van der Waals surface area contributed by atoms with Gasteiger partial charge in [-0.3, -0.25) is 0 Å². The van der Waals surface area contributed by atoms with Crippen molar-refractivity contribution in [1.29, 1.82) is 0 Å². The Morgan fingerprint density at radius 2 is 1.89 bits per heavy atom. The molecule has 7 heteroatoms. The molecule has 0 aliphatic heterocycles. The molecule has 0 atom stereocenters. The fraction of sp³-hybridized carbons (Fsp3) is 0.286. The van der Waals surface area contributed by atoms with Gasteiger partial charge in [0.15, 0.2) is 0 Å². The molecule has 0 bridgehead atoms. The lowest BCUT2D eigenvalue weighted by Gasteiger charge is -2.09. The Kier molecular flexibility index (Phi) is 6.17. The number of methoxy groups -OCH3 is 1. The summed E-state index contributed by atoms with van der Waals surface area (Å²) in [6, 6.07) is 13.1. The van der Waals surface area contributed by atoms with Gasteiger partial charge >= 0.3 is 0 Å². The summed E-state index contributed by atoms with van der Waals surface area (Å²) >= 11 is 1.61. The predicted octanol–water partition coefficient (Wildman–Crippen LogP) is 4.26. The topological polar surface area (TPSA) is 68.3 Å². The fourth-order valence-electron chi connectivity index (χ4n) is 2.96. The average Bonchev–Trinajstić information content (AvgIpc) is 3.02. The standard InChI is InChI=1S/C21H24N2O3S2/c1-14-6-5-7-17(12-14)21-23-16(3)20(27-21)10-11-22-28(24,25)18-8-9-19(26-4)15(2)13-18/h5-9,12-13,22H,10-11H2,1-4H3. The molecule has 28 heavy (non-hydrogen) atoms. The Balaban J connectivity index is 1.68. The molecule has 0 saturated heterocycles. The summed E-state index contributed by atoms with van der Waals surface area (Å²) in [5, 5.41) is 0.963. The first-order valence-corrected chi connectivity index (χ1v) is 11.3. The first-order chi connectivity index (χ1) is 13.3. The molecule has 0 aliphatic rings. The molecule has 0 unspecified atom stereocenters. The van der Waals surface area contributed by atoms with Gasteiger partial charge in [0.25, 0.3) is 0 Å². The average molecular weight is 417 g/mol. The summed E-state index contributed by atoms with van der Waals surface area (Å²) in [5.74, 6) is 0.669. The first-order valence-electron chi connectivity index (χ1n) is 8.98. The van der Waals surface area contributed by atoms with Crippen LogP contribution in [0.1, 0.15) is 21.7 Å². The van der Waals surface area contributed by atoms with E-state index in [1.54, 1.807) is 36.6 Å². The van der Waals surface area contributed by atoms with E-state index in [0.717, 1.165) is 26.7 Å². The SMILES string of the molecule is COc1ccc(S(=O)(=O)NCCc2sc(-c3cccc(C)c3)nc2C)cc1C. The number of nitrogens with zero attached hydrogens (tertiary/aromatic N) is 1. The van der Waals surface area contributed by atoms with Gasteiger partial charge in [-0.15, -0.1) is 11.3 Å². The van der Waals surface area contributed by atoms with Crippen LogP contribution < -0.4 is 9.46 Å². The van der Waals surface area contributed by atoms with E-state index in [0.29, 0.717) is 18.7 Å². The molecular weight excluding hydrogens is 392 g/mol. The number of aryl methyl sites for hydroxylation is 3. The second-order valence-corrected chi connectivity index (χ2v) is 9.53. The fourth-order valence-corrected chi connectivity index (χ4v) is 5.14. The highest BCUT2D eigenvalue weighted by atomic mass is 32.2. The Morgan fingerprint density at radius 3 is 2.57 bits per heavy atom. The van der Waals surface area contributed by atoms with Crippen LogP contribution in [-0.2, 0) is 16.4 Å². The second-order valence-electron chi connectivity index (χ2n) is 6.68. The molecule has 2 aromatic carbocycles. The summed E-state index contributed by atoms with van der Waals surface area (Å²) in [7, 11) is -2.00. The first kappa shape index (κ1) is 20.5. The van der Waals surface area contributed by atoms with E-state index >= 15 is 0 Å². The van der Waals surface area contributed by atoms with Gasteiger partial charge in [0.1, 0.15) is 10.8 Å². The third-order valence-electron chi connectivity index (χ3n) is 4.48. The van der Waals surface area contributed by atoms with E-state index in [2.05, 4.69) is 28.8 Å². The van der Waals surface area contributed by atoms with Crippen molar-refractivity contribution in [3.63, 3.8) is 0 Å². The Hall–Kier alpha value is -2.22. The van der Waals surface area contributed by atoms with Gasteiger partial charge < -0.3 is 4.74 Å². The minimum absolute atomic E-state index is 0.243. The summed E-state index contributed by atoms with van der Waals surface area (Å²) in [6.45, 7) is 6.17. The maximum absolute atomic E-state index is 12.6. The highest BCUT2D eigenvalue weighted by molar-refractivity contribution is 7.89. The van der Waals surface area contributed by atoms with Crippen molar-refractivity contribution < 1.29 is 13.2 Å². The maximum atomic E-state index is 12.6. The van der Waals surface area contributed by atoms with E-state index < -0.39 is 10.0 Å². The van der Waals surface area contributed by atoms with E-state index in [4.69, 9.17) is 4.74 Å². The van der Waals surface area contributed by atoms with Crippen LogP contribution in [0.2, 0.25) is 0 Å². The Bertz CT molecular complexity index is 1090. The smallest absolute Gasteiger partial charge is 0.240 e. The van der Waals surface area contributed by atoms with Crippen LogP contribution in [0, 0.1) is 20.8 Å². The molecule has 1 aromatic heterocycles. The number of hydrogen-bond donors (Lipinski definition) is 1. The lowest BCUT2D eigenvalue weighted by atomic mass is 10.1. The molecule has 148 valence electrons. The molecule has 0 radical (unpaired) electrons. The Labute approximate surface area is 170 Å². The van der Waals surface area contributed by atoms with Crippen molar-refractivity contribution in [3.8, 4) is 16.3 Å². The molecule has 1 heterocycles. The van der Waals surface area contributed by atoms with E-state index in [9.17, 15) is 8.42 Å². The van der Waals surface area contributed by atoms with Crippen LogP contribution in [0.3, 0.4) is 0 Å². The van der Waals surface area contributed by atoms with E-state index in [1.165, 1.54) is 5.56 Å². The van der Waals surface area contributed by atoms with Gasteiger partial charge in [-0.25, -0.2) is 18.1 Å². The third-order valence-corrected chi connectivity index (χ3v) is 7.20. The van der Waals surface area contributed by atoms with Gasteiger partial charge in [0, 0.05) is 17.0 Å². The second kappa shape index (κ2) is 8.43. The summed E-state index contributed by atoms with van der Waals surface area (Å²) in [6.07, 6.45) is 0.601. The van der Waals surface area contributed by atoms with Crippen molar-refractivity contribution in [1.82, 2.24) is 9.71 Å². The molecule has 0 saturated carbocycles. The number of nitrogens with one attached hydrogen (secondary N) is 1. The van der Waals surface area contributed by atoms with Crippen molar-refractivity contribution in [2.24, 2.45) is 0 Å². The third kappa shape index (κ3) is 4.60. The zero-order valence-electron chi connectivity index (χ0n) is 16.4. The number of benzene rings is 2. The molecule has 0 amide bonds. The number of aromatic nitrogens is 1. The molecule has 5 nitrogen and oxygen atoms in total. The predicted molar refractivity (Wildman–Crippen MR) is 114 cm³/mol. The summed E-state index contributed by atoms with van der Waals surface area (Å²) in [5.41, 5.74) is 4.01. The molecule has 3 rings (SSSR count). The molecule has 0 spiro atoms. The van der Waals surface area contributed by atoms with Gasteiger partial charge in [0.05, 0.1) is 17.7 Å². The van der Waals surface area contributed by atoms with Crippen molar-refractivity contribution in [2.75, 3.05) is 13.7 Å². The lowest BCUT2D eigenvalue weighted by Crippen LogP contribution is -2.26. The number of rotatable bonds is 7. The van der Waals surface area contributed by atoms with Crippen LogP contribution in [0.15, 0.2) is 47.4 Å². The van der Waals surface area contributed by atoms with Crippen LogP contribution >= 0.6 is 11.3 Å². The quantitative estimate of drug-likeness (QED) is 0.625. The van der Waals surface area contributed by atoms with Gasteiger partial charge in [0.2, 0.25) is 10.0 Å². The number of hydrogen-bond acceptors (Lipinski definition) is 5. The lowest BCUT2D eigenvalue weighted by molar-refractivity contribution is 0.411. The molecule has 0 fully saturated rings. The Morgan fingerprint density at radius 1 is 1.11 bits per heavy atom. The largest absolute Gasteiger partial charge is 0.496 e. The molecule has 1 N–H and O–H groups in total. The molecular formula is C21H24N2O3S2. The number of thiazole rings is 1. The van der Waals surface area contributed by atoms with Crippen LogP contribution in [0.25, 0.3) is 10.6 Å². The van der Waals surface area contributed by atoms with Gasteiger partial charge in [-0.1, -0.05) is 23.8 Å². The van der Waals surface area contributed by atoms with Gasteiger partial charge in [-0.05, 0) is 57.0 Å². The van der Waals surface area contributed by atoms with Crippen LogP contribution in [0.4, 0.5) is 0 Å². The summed E-state index contributed by atoms with van der Waals surface area (Å²) < 4.78 is 33.0. The maximum Gasteiger partial charge on any atom is 0.240 e. The highest BCUT2D eigenvalue weighted by Crippen LogP contribution is 2.28. The van der Waals surface area contributed by atoms with Gasteiger partial charge in [-0.2, -0.15) is 0 Å². The molecule has 0 aliphatic carbocycles. The monoisotopic (exact) mass is 416 g/mol. The van der Waals surface area contributed by atoms with Crippen LogP contribution in [-0.4, -0.2) is 27.1 Å². The summed E-state index contributed by atoms with van der Waals surface area (Å²) in [4.78, 5) is 5.98. The normalized spacial score (nSPS) is 11.6. The zero-order valence-corrected chi connectivity index (χ0v) is 18.1. The highest BCUT2D eigenvalue weighted by Gasteiger charge is 2.16. The number of sulfonamides is 1.